The van der Waals surface area contributed by atoms with Crippen molar-refractivity contribution in [1.82, 2.24) is 51.9 Å². The van der Waals surface area contributed by atoms with E-state index in [1.54, 1.807) is 4.90 Å². The molecule has 0 aromatic heterocycles. The van der Waals surface area contributed by atoms with Gasteiger partial charge in [-0.25, -0.2) is 4.79 Å². The summed E-state index contributed by atoms with van der Waals surface area (Å²) in [6, 6.07) is 9.53. The van der Waals surface area contributed by atoms with Gasteiger partial charge < -0.3 is 73.6 Å². The van der Waals surface area contributed by atoms with Crippen LogP contribution in [0.1, 0.15) is 83.8 Å². The van der Waals surface area contributed by atoms with Gasteiger partial charge in [-0.2, -0.15) is 0 Å². The molecule has 2 aliphatic heterocycles. The Morgan fingerprint density at radius 3 is 1.77 bits per heavy atom. The number of amides is 9. The number of urea groups is 1. The van der Waals surface area contributed by atoms with E-state index in [2.05, 4.69) is 42.1 Å². The van der Waals surface area contributed by atoms with Crippen LogP contribution in [0, 0.1) is 17.2 Å². The van der Waals surface area contributed by atoms with Gasteiger partial charge in [-0.05, 0) is 91.4 Å². The number of aromatic hydroxyl groups is 1. The van der Waals surface area contributed by atoms with Gasteiger partial charge in [0.25, 0.3) is 0 Å². The maximum Gasteiger partial charge on any atom is 0.318 e. The zero-order valence-electron chi connectivity index (χ0n) is 46.4. The second-order valence-corrected chi connectivity index (χ2v) is 21.5. The molecule has 0 saturated carbocycles. The Kier molecular flexibility index (Phi) is 24.0. The minimum absolute atomic E-state index is 0.0246. The van der Waals surface area contributed by atoms with Crippen LogP contribution >= 0.6 is 0 Å². The number of Topliss-reactive ketones (excluding diaryl/α,β-unsaturated/α-hetero) is 1. The Bertz CT molecular complexity index is 2660. The van der Waals surface area contributed by atoms with E-state index in [9.17, 15) is 53.4 Å². The van der Waals surface area contributed by atoms with Gasteiger partial charge in [0.2, 0.25) is 41.4 Å². The molecule has 9 amide bonds. The molecule has 3 aromatic rings. The van der Waals surface area contributed by atoms with Crippen LogP contribution in [0.2, 0.25) is 0 Å². The third-order valence-electron chi connectivity index (χ3n) is 14.1. The van der Waals surface area contributed by atoms with E-state index >= 15 is 0 Å². The first-order chi connectivity index (χ1) is 38.0. The number of phenols is 1. The van der Waals surface area contributed by atoms with Crippen molar-refractivity contribution >= 4 is 69.9 Å². The van der Waals surface area contributed by atoms with Crippen molar-refractivity contribution in [2.24, 2.45) is 23.3 Å². The molecule has 2 heterocycles. The summed E-state index contributed by atoms with van der Waals surface area (Å²) in [5.41, 5.74) is 12.0. The number of phenolic OH excluding ortho intramolecular Hbond substituents is 1. The molecule has 3 aromatic carbocycles. The number of nitrogens with zero attached hydrogens (tertiary/aromatic N) is 3. The predicted octanol–water partition coefficient (Wildman–Crippen LogP) is -0.137. The lowest BCUT2D eigenvalue weighted by molar-refractivity contribution is -0.142. The summed E-state index contributed by atoms with van der Waals surface area (Å²) >= 11 is 0. The fraction of sp³-hybridized carbons (Fsp3) is 0.536. The van der Waals surface area contributed by atoms with Gasteiger partial charge in [0.1, 0.15) is 42.0 Å². The van der Waals surface area contributed by atoms with Crippen LogP contribution in [0.3, 0.4) is 0 Å². The number of rotatable bonds is 28. The Balaban J connectivity index is 1.36. The minimum Gasteiger partial charge on any atom is -0.508 e. The topological polar surface area (TPSA) is 364 Å². The van der Waals surface area contributed by atoms with Crippen molar-refractivity contribution in [3.8, 4) is 5.75 Å². The molecule has 24 nitrogen and oxygen atoms in total. The molecule has 80 heavy (non-hydrogen) atoms. The van der Waals surface area contributed by atoms with Gasteiger partial charge in [-0.15, -0.1) is 0 Å². The monoisotopic (exact) mass is 1110 g/mol. The molecule has 0 unspecified atom stereocenters. The van der Waals surface area contributed by atoms with Crippen LogP contribution in [-0.4, -0.2) is 179 Å². The highest BCUT2D eigenvalue weighted by atomic mass is 16.3. The molecule has 14 N–H and O–H groups in total. The zero-order chi connectivity index (χ0) is 58.6. The molecule has 2 fully saturated rings. The summed E-state index contributed by atoms with van der Waals surface area (Å²) in [5, 5.41) is 49.1. The number of carbonyl (C=O) groups excluding carboxylic acids is 9. The second-order valence-electron chi connectivity index (χ2n) is 21.5. The number of carbonyl (C=O) groups is 9. The fourth-order valence-corrected chi connectivity index (χ4v) is 9.83. The van der Waals surface area contributed by atoms with Crippen LogP contribution in [0.15, 0.2) is 66.7 Å². The van der Waals surface area contributed by atoms with Crippen LogP contribution in [-0.2, 0) is 51.2 Å². The first kappa shape index (κ1) is 63.0. The van der Waals surface area contributed by atoms with Gasteiger partial charge in [0, 0.05) is 52.1 Å². The fourth-order valence-electron chi connectivity index (χ4n) is 9.83. The smallest absolute Gasteiger partial charge is 0.318 e. The highest BCUT2D eigenvalue weighted by Crippen LogP contribution is 2.23. The summed E-state index contributed by atoms with van der Waals surface area (Å²) in [5.74, 6) is -6.79. The number of piperazine rings is 1. The highest BCUT2D eigenvalue weighted by Gasteiger charge is 2.39. The highest BCUT2D eigenvalue weighted by molar-refractivity contribution is 6.02. The second kappa shape index (κ2) is 30.5. The van der Waals surface area contributed by atoms with Crippen LogP contribution in [0.25, 0.3) is 10.8 Å². The van der Waals surface area contributed by atoms with Gasteiger partial charge in [0.15, 0.2) is 11.7 Å². The first-order valence-electron chi connectivity index (χ1n) is 27.3. The Morgan fingerprint density at radius 2 is 1.19 bits per heavy atom. The average molecular weight is 1110 g/mol. The molecule has 2 aliphatic rings. The van der Waals surface area contributed by atoms with E-state index in [0.29, 0.717) is 44.6 Å². The van der Waals surface area contributed by atoms with Crippen molar-refractivity contribution in [2.45, 2.75) is 128 Å². The van der Waals surface area contributed by atoms with E-state index in [0.717, 1.165) is 16.3 Å². The van der Waals surface area contributed by atoms with Crippen molar-refractivity contribution in [2.75, 3.05) is 52.9 Å². The third kappa shape index (κ3) is 19.2. The Morgan fingerprint density at radius 1 is 0.650 bits per heavy atom. The number of guanidine groups is 1. The molecule has 436 valence electrons. The third-order valence-corrected chi connectivity index (χ3v) is 14.1. The molecule has 5 rings (SSSR count). The number of nitrogens with two attached hydrogens (primary N) is 2. The molecule has 24 heteroatoms. The van der Waals surface area contributed by atoms with Crippen LogP contribution < -0.4 is 48.7 Å². The standard InChI is InChI=1S/C56H81N13O11/c1-33(2)27-41(49(74)61-40(15-9-21-60-55(58)59)54(79)69-22-10-16-46(69)47(72)31-48(57)73)62-50(75)42(28-34(3)4)63-51(76)43(29-35-17-19-38(71)20-18-35)64-53(78)45(32-70)65-52(77)44(66-56(80)68-25-23-67(5)24-26-68)30-37-13-8-12-36-11-6-7-14-39(36)37/h6-8,11-14,17-20,33-34,40-46,70-71H,9-10,15-16,21-32H2,1-5H3,(H2,57,73)(H,61,74)(H,62,75)(H,63,76)(H,64,78)(H,65,77)(H,66,80)(H4,58,59,60)/t40-,41-,42+,43-,44-,45-,46-/m0/s1. The van der Waals surface area contributed by atoms with Crippen LogP contribution in [0.4, 0.5) is 4.79 Å². The summed E-state index contributed by atoms with van der Waals surface area (Å²) in [6.07, 6.45) is 0.472. The number of aliphatic hydroxyl groups excluding tert-OH is 1. The van der Waals surface area contributed by atoms with Crippen molar-refractivity contribution in [3.05, 3.63) is 77.9 Å². The van der Waals surface area contributed by atoms with Crippen molar-refractivity contribution in [1.29, 1.82) is 5.41 Å². The Labute approximate surface area is 466 Å². The molecule has 7 atom stereocenters. The number of aliphatic hydroxyl groups is 1. The number of primary amides is 1. The largest absolute Gasteiger partial charge is 0.508 e. The van der Waals surface area contributed by atoms with Gasteiger partial charge >= 0.3 is 6.03 Å². The van der Waals surface area contributed by atoms with E-state index < -0.39 is 108 Å². The quantitative estimate of drug-likeness (QED) is 0.0195. The van der Waals surface area contributed by atoms with E-state index in [4.69, 9.17) is 16.9 Å². The molecular formula is C56H81N13O11. The van der Waals surface area contributed by atoms with Gasteiger partial charge in [-0.3, -0.25) is 43.8 Å². The summed E-state index contributed by atoms with van der Waals surface area (Å²) in [7, 11) is 1.94. The molecule has 0 aliphatic carbocycles. The lowest BCUT2D eigenvalue weighted by Crippen LogP contribution is -2.61. The summed E-state index contributed by atoms with van der Waals surface area (Å²) in [4.78, 5) is 129. The Hall–Kier alpha value is -7.86. The molecule has 0 spiro atoms. The lowest BCUT2D eigenvalue weighted by atomic mass is 9.98. The van der Waals surface area contributed by atoms with Crippen LogP contribution in [0.5, 0.6) is 5.75 Å². The van der Waals surface area contributed by atoms with E-state index in [1.807, 2.05) is 77.2 Å². The van der Waals surface area contributed by atoms with Crippen molar-refractivity contribution < 1.29 is 53.4 Å². The molecule has 0 bridgehead atoms. The van der Waals surface area contributed by atoms with Gasteiger partial charge in [-0.1, -0.05) is 82.3 Å². The number of likely N-dealkylation sites (tertiary alicyclic amines) is 1. The summed E-state index contributed by atoms with van der Waals surface area (Å²) < 4.78 is 0. The lowest BCUT2D eigenvalue weighted by Gasteiger charge is -2.33. The number of nitrogens with one attached hydrogen (secondary N) is 8. The maximum atomic E-state index is 14.6. The number of ketones is 1. The number of likely N-dealkylation sites (N-methyl/N-ethyl adjacent to an activating group) is 1. The van der Waals surface area contributed by atoms with E-state index in [-0.39, 0.29) is 75.2 Å². The van der Waals surface area contributed by atoms with Gasteiger partial charge in [0.05, 0.1) is 19.1 Å². The van der Waals surface area contributed by atoms with E-state index in [1.165, 1.54) is 29.2 Å². The van der Waals surface area contributed by atoms with Crippen molar-refractivity contribution in [3.63, 3.8) is 0 Å². The maximum absolute atomic E-state index is 14.6. The summed E-state index contributed by atoms with van der Waals surface area (Å²) in [6.45, 7) is 8.81. The average Bonchev–Trinajstić information content (AvgIpc) is 3.95. The number of hydrogen-bond donors (Lipinski definition) is 12. The first-order valence-corrected chi connectivity index (χ1v) is 27.3. The molecular weight excluding hydrogens is 1030 g/mol. The molecule has 2 saturated heterocycles. The molecule has 0 radical (unpaired) electrons. The predicted molar refractivity (Wildman–Crippen MR) is 299 cm³/mol. The SMILES string of the molecule is CC(C)C[C@H](NC(=O)[C@@H](CC(C)C)NC(=O)[C@H](Cc1ccc(O)cc1)NC(=O)[C@H](CO)NC(=O)[C@H](Cc1cccc2ccccc12)NC(=O)N1CCN(C)CC1)C(=O)N[C@@H](CCCNC(=N)N)C(=O)N1CCC[C@H]1C(=O)CC(N)=O. The number of hydrogen-bond acceptors (Lipinski definition) is 13. The number of benzene rings is 3. The zero-order valence-corrected chi connectivity index (χ0v) is 46.4. The normalized spacial score (nSPS) is 16.8. The number of fused-ring (bicyclic) bond motifs is 1. The minimum atomic E-state index is -1.63.